The number of benzene rings is 2. The Bertz CT molecular complexity index is 722. The van der Waals surface area contributed by atoms with Crippen LogP contribution in [0.4, 0.5) is 0 Å². The van der Waals surface area contributed by atoms with E-state index in [1.54, 1.807) is 0 Å². The Morgan fingerprint density at radius 2 is 1.21 bits per heavy atom. The van der Waals surface area contributed by atoms with Crippen LogP contribution in [0.3, 0.4) is 0 Å². The fourth-order valence-electron chi connectivity index (χ4n) is 4.97. The van der Waals surface area contributed by atoms with Gasteiger partial charge in [0.1, 0.15) is 5.84 Å². The lowest BCUT2D eigenvalue weighted by Gasteiger charge is -2.42. The Labute approximate surface area is 178 Å². The Balaban J connectivity index is 1.74. The van der Waals surface area contributed by atoms with Gasteiger partial charge in [-0.1, -0.05) is 99.2 Å². The van der Waals surface area contributed by atoms with Crippen molar-refractivity contribution >= 4 is 24.5 Å². The quantitative estimate of drug-likeness (QED) is 0.318. The second-order valence-corrected chi connectivity index (χ2v) is 10.7. The van der Waals surface area contributed by atoms with Crippen molar-refractivity contribution in [2.24, 2.45) is 4.99 Å². The first kappa shape index (κ1) is 20.6. The molecule has 2 fully saturated rings. The van der Waals surface area contributed by atoms with Gasteiger partial charge in [-0.3, -0.25) is 4.99 Å². The van der Waals surface area contributed by atoms with Gasteiger partial charge < -0.3 is 4.67 Å². The summed E-state index contributed by atoms with van der Waals surface area (Å²) in [5.74, 6) is 1.28. The van der Waals surface area contributed by atoms with E-state index in [0.717, 1.165) is 0 Å². The van der Waals surface area contributed by atoms with Crippen LogP contribution in [-0.4, -0.2) is 22.6 Å². The molecule has 0 bridgehead atoms. The first-order chi connectivity index (χ1) is 14.3. The number of hydrogen-bond acceptors (Lipinski definition) is 1. The molecule has 0 heterocycles. The van der Waals surface area contributed by atoms with E-state index in [1.807, 2.05) is 0 Å². The van der Waals surface area contributed by atoms with E-state index in [2.05, 4.69) is 72.3 Å². The Morgan fingerprint density at radius 1 is 0.724 bits per heavy atom. The molecule has 0 atom stereocenters. The van der Waals surface area contributed by atoms with Crippen molar-refractivity contribution in [3.05, 3.63) is 60.7 Å². The second-order valence-electron chi connectivity index (χ2n) is 8.59. The molecule has 2 aliphatic carbocycles. The molecule has 4 rings (SSSR count). The first-order valence-electron chi connectivity index (χ1n) is 11.6. The van der Waals surface area contributed by atoms with E-state index >= 15 is 0 Å². The van der Waals surface area contributed by atoms with Crippen LogP contribution in [0, 0.1) is 0 Å². The maximum atomic E-state index is 5.34. The molecular formula is C26H35N2P. The molecule has 29 heavy (non-hydrogen) atoms. The lowest BCUT2D eigenvalue weighted by Crippen LogP contribution is -2.41. The molecule has 2 aliphatic rings. The SMILES string of the molecule is CC(=NC1CCCCC1)N(C1CCCCC1)P(c1ccccc1)c1ccccc1. The van der Waals surface area contributed by atoms with Crippen LogP contribution in [0.5, 0.6) is 0 Å². The standard InChI is InChI=1S/C26H35N2P/c1-22(27-23-14-6-2-7-15-23)28(24-16-8-3-9-17-24)29(25-18-10-4-11-19-25)26-20-12-5-13-21-26/h4-5,10-13,18-21,23-24H,2-3,6-9,14-17H2,1H3. The van der Waals surface area contributed by atoms with Gasteiger partial charge in [-0.05, 0) is 32.6 Å². The van der Waals surface area contributed by atoms with Crippen molar-refractivity contribution in [2.75, 3.05) is 0 Å². The summed E-state index contributed by atoms with van der Waals surface area (Å²) in [5, 5.41) is 2.88. The van der Waals surface area contributed by atoms with Gasteiger partial charge >= 0.3 is 0 Å². The number of nitrogens with zero attached hydrogens (tertiary/aromatic N) is 2. The Kier molecular flexibility index (Phi) is 7.39. The summed E-state index contributed by atoms with van der Waals surface area (Å²) in [6.07, 6.45) is 13.3. The molecule has 0 radical (unpaired) electrons. The van der Waals surface area contributed by atoms with Crippen molar-refractivity contribution in [3.8, 4) is 0 Å². The van der Waals surface area contributed by atoms with Gasteiger partial charge in [0.25, 0.3) is 0 Å². The zero-order valence-corrected chi connectivity index (χ0v) is 18.7. The predicted molar refractivity (Wildman–Crippen MR) is 128 cm³/mol. The third-order valence-corrected chi connectivity index (χ3v) is 9.03. The van der Waals surface area contributed by atoms with Crippen molar-refractivity contribution in [2.45, 2.75) is 83.2 Å². The molecule has 2 nitrogen and oxygen atoms in total. The average Bonchev–Trinajstić information content (AvgIpc) is 2.79. The molecule has 0 N–H and O–H groups in total. The first-order valence-corrected chi connectivity index (χ1v) is 12.9. The van der Waals surface area contributed by atoms with Gasteiger partial charge in [-0.25, -0.2) is 0 Å². The van der Waals surface area contributed by atoms with Crippen molar-refractivity contribution in [3.63, 3.8) is 0 Å². The van der Waals surface area contributed by atoms with Crippen molar-refractivity contribution < 1.29 is 0 Å². The number of hydrogen-bond donors (Lipinski definition) is 0. The van der Waals surface area contributed by atoms with Crippen LogP contribution in [-0.2, 0) is 0 Å². The van der Waals surface area contributed by atoms with Crippen LogP contribution in [0.15, 0.2) is 65.7 Å². The molecule has 3 heteroatoms. The fraction of sp³-hybridized carbons (Fsp3) is 0.500. The lowest BCUT2D eigenvalue weighted by molar-refractivity contribution is 0.335. The third kappa shape index (κ3) is 5.28. The van der Waals surface area contributed by atoms with Crippen LogP contribution in [0.2, 0.25) is 0 Å². The number of rotatable bonds is 5. The molecule has 2 aromatic carbocycles. The highest BCUT2D eigenvalue weighted by Gasteiger charge is 2.31. The van der Waals surface area contributed by atoms with Gasteiger partial charge in [0, 0.05) is 16.7 Å². The minimum absolute atomic E-state index is 0.526. The summed E-state index contributed by atoms with van der Waals surface area (Å²) < 4.78 is 2.76. The van der Waals surface area contributed by atoms with Gasteiger partial charge in [-0.15, -0.1) is 0 Å². The van der Waals surface area contributed by atoms with E-state index < -0.39 is 8.07 Å². The largest absolute Gasteiger partial charge is 0.329 e. The molecule has 0 amide bonds. The van der Waals surface area contributed by atoms with E-state index in [0.29, 0.717) is 12.1 Å². The molecule has 0 aromatic heterocycles. The molecule has 0 aliphatic heterocycles. The normalized spacial score (nSPS) is 19.4. The second kappa shape index (κ2) is 10.4. The summed E-state index contributed by atoms with van der Waals surface area (Å²) in [7, 11) is -0.601. The summed E-state index contributed by atoms with van der Waals surface area (Å²) in [4.78, 5) is 5.34. The zero-order valence-electron chi connectivity index (χ0n) is 17.8. The maximum Gasteiger partial charge on any atom is 0.100 e. The summed E-state index contributed by atoms with van der Waals surface area (Å²) in [6, 6.07) is 23.5. The topological polar surface area (TPSA) is 15.6 Å². The van der Waals surface area contributed by atoms with Crippen LogP contribution < -0.4 is 10.6 Å². The highest BCUT2D eigenvalue weighted by Crippen LogP contribution is 2.44. The van der Waals surface area contributed by atoms with Crippen molar-refractivity contribution in [1.29, 1.82) is 0 Å². The fourth-order valence-corrected chi connectivity index (χ4v) is 7.57. The molecule has 2 saturated carbocycles. The van der Waals surface area contributed by atoms with Crippen LogP contribution in [0.25, 0.3) is 0 Å². The summed E-state index contributed by atoms with van der Waals surface area (Å²) >= 11 is 0. The smallest absolute Gasteiger partial charge is 0.100 e. The van der Waals surface area contributed by atoms with E-state index in [9.17, 15) is 0 Å². The van der Waals surface area contributed by atoms with E-state index in [-0.39, 0.29) is 0 Å². The molecule has 154 valence electrons. The average molecular weight is 407 g/mol. The van der Waals surface area contributed by atoms with Crippen LogP contribution in [0.1, 0.15) is 71.1 Å². The highest BCUT2D eigenvalue weighted by atomic mass is 31.1. The molecule has 2 aromatic rings. The minimum atomic E-state index is -0.601. The van der Waals surface area contributed by atoms with Gasteiger partial charge in [-0.2, -0.15) is 0 Å². The van der Waals surface area contributed by atoms with E-state index in [1.165, 1.54) is 80.7 Å². The van der Waals surface area contributed by atoms with Gasteiger partial charge in [0.15, 0.2) is 0 Å². The summed E-state index contributed by atoms with van der Waals surface area (Å²) in [5.41, 5.74) is 0. The molecule has 0 unspecified atom stereocenters. The van der Waals surface area contributed by atoms with Gasteiger partial charge in [0.05, 0.1) is 14.1 Å². The minimum Gasteiger partial charge on any atom is -0.329 e. The number of amidine groups is 1. The Morgan fingerprint density at radius 3 is 1.72 bits per heavy atom. The maximum absolute atomic E-state index is 5.34. The zero-order chi connectivity index (χ0) is 19.9. The van der Waals surface area contributed by atoms with Crippen molar-refractivity contribution in [1.82, 2.24) is 4.67 Å². The van der Waals surface area contributed by atoms with Crippen LogP contribution >= 0.6 is 8.07 Å². The Hall–Kier alpha value is -1.66. The number of aliphatic imine (C=N–C) groups is 1. The molecule has 0 spiro atoms. The third-order valence-electron chi connectivity index (χ3n) is 6.41. The molecule has 0 saturated heterocycles. The monoisotopic (exact) mass is 406 g/mol. The molecular weight excluding hydrogens is 371 g/mol. The summed E-state index contributed by atoms with van der Waals surface area (Å²) in [6.45, 7) is 2.30. The van der Waals surface area contributed by atoms with E-state index in [4.69, 9.17) is 4.99 Å². The lowest BCUT2D eigenvalue weighted by atomic mass is 9.95. The highest BCUT2D eigenvalue weighted by molar-refractivity contribution is 7.71. The predicted octanol–water partition coefficient (Wildman–Crippen LogP) is 6.42. The van der Waals surface area contributed by atoms with Gasteiger partial charge in [0.2, 0.25) is 0 Å².